The van der Waals surface area contributed by atoms with Crippen LogP contribution in [0.4, 0.5) is 4.79 Å². The number of piperazine rings is 1. The Hall–Kier alpha value is -1.30. The van der Waals surface area contributed by atoms with Gasteiger partial charge in [0.15, 0.2) is 0 Å². The lowest BCUT2D eigenvalue weighted by Crippen LogP contribution is -2.58. The van der Waals surface area contributed by atoms with E-state index in [1.165, 1.54) is 20.0 Å². The van der Waals surface area contributed by atoms with Crippen molar-refractivity contribution in [3.63, 3.8) is 0 Å². The van der Waals surface area contributed by atoms with Crippen LogP contribution in [-0.2, 0) is 9.53 Å². The van der Waals surface area contributed by atoms with Crippen LogP contribution in [0.1, 0.15) is 32.6 Å². The summed E-state index contributed by atoms with van der Waals surface area (Å²) >= 11 is 0. The number of nitrogens with zero attached hydrogens (tertiary/aromatic N) is 3. The molecule has 1 heterocycles. The van der Waals surface area contributed by atoms with E-state index in [4.69, 9.17) is 4.74 Å². The van der Waals surface area contributed by atoms with Gasteiger partial charge in [0.1, 0.15) is 0 Å². The Kier molecular flexibility index (Phi) is 6.06. The third-order valence-electron chi connectivity index (χ3n) is 5.09. The minimum absolute atomic E-state index is 0.0211. The number of ether oxygens (including phenoxy) is 1. The van der Waals surface area contributed by atoms with Crippen molar-refractivity contribution in [1.82, 2.24) is 14.7 Å². The summed E-state index contributed by atoms with van der Waals surface area (Å²) in [6.07, 6.45) is 4.48. The van der Waals surface area contributed by atoms with Crippen molar-refractivity contribution in [3.8, 4) is 0 Å². The smallest absolute Gasteiger partial charge is 0.409 e. The number of likely N-dealkylation sites (N-methyl/N-ethyl adjacent to an activating group) is 1. The van der Waals surface area contributed by atoms with E-state index >= 15 is 0 Å². The van der Waals surface area contributed by atoms with Gasteiger partial charge in [-0.15, -0.1) is 0 Å². The van der Waals surface area contributed by atoms with Gasteiger partial charge >= 0.3 is 6.09 Å². The second-order valence-corrected chi connectivity index (χ2v) is 6.33. The fourth-order valence-electron chi connectivity index (χ4n) is 3.62. The van der Waals surface area contributed by atoms with E-state index in [1.807, 2.05) is 18.9 Å². The van der Waals surface area contributed by atoms with Crippen molar-refractivity contribution in [2.45, 2.75) is 38.6 Å². The van der Waals surface area contributed by atoms with Crippen LogP contribution in [0.3, 0.4) is 0 Å². The van der Waals surface area contributed by atoms with Crippen LogP contribution in [0.25, 0.3) is 0 Å². The van der Waals surface area contributed by atoms with E-state index in [2.05, 4.69) is 4.90 Å². The molecule has 0 radical (unpaired) electrons. The van der Waals surface area contributed by atoms with Gasteiger partial charge in [0.25, 0.3) is 0 Å². The average Bonchev–Trinajstić information content (AvgIpc) is 3.08. The zero-order valence-electron chi connectivity index (χ0n) is 14.1. The van der Waals surface area contributed by atoms with Gasteiger partial charge in [0.05, 0.1) is 13.2 Å². The Bertz CT molecular complexity index is 388. The van der Waals surface area contributed by atoms with E-state index < -0.39 is 0 Å². The molecular weight excluding hydrogens is 282 g/mol. The van der Waals surface area contributed by atoms with Crippen LogP contribution in [0, 0.1) is 5.92 Å². The van der Waals surface area contributed by atoms with Crippen LogP contribution in [0.2, 0.25) is 0 Å². The molecular formula is C16H29N3O3. The minimum atomic E-state index is -0.269. The van der Waals surface area contributed by atoms with Crippen molar-refractivity contribution in [2.75, 3.05) is 46.9 Å². The molecule has 126 valence electrons. The van der Waals surface area contributed by atoms with Crippen LogP contribution in [0.5, 0.6) is 0 Å². The molecule has 2 aliphatic rings. The molecule has 1 saturated carbocycles. The first-order valence-corrected chi connectivity index (χ1v) is 8.40. The molecule has 2 amide bonds. The predicted molar refractivity (Wildman–Crippen MR) is 84.6 cm³/mol. The maximum Gasteiger partial charge on any atom is 0.409 e. The van der Waals surface area contributed by atoms with Gasteiger partial charge in [0, 0.05) is 39.8 Å². The topological polar surface area (TPSA) is 53.1 Å². The maximum atomic E-state index is 12.8. The molecule has 6 heteroatoms. The molecule has 0 spiro atoms. The third-order valence-corrected chi connectivity index (χ3v) is 5.09. The monoisotopic (exact) mass is 311 g/mol. The standard InChI is InChI=1S/C16H29N3O3/c1-4-17(2)15(20)14(13-7-5-6-8-13)18-9-11-19(12-10-18)16(21)22-3/h13-14H,4-12H2,1-3H3. The largest absolute Gasteiger partial charge is 0.453 e. The average molecular weight is 311 g/mol. The lowest BCUT2D eigenvalue weighted by molar-refractivity contribution is -0.138. The molecule has 1 aliphatic heterocycles. The molecule has 1 atom stereocenters. The van der Waals surface area contributed by atoms with Gasteiger partial charge in [-0.1, -0.05) is 12.8 Å². The zero-order chi connectivity index (χ0) is 16.1. The summed E-state index contributed by atoms with van der Waals surface area (Å²) in [4.78, 5) is 30.2. The van der Waals surface area contributed by atoms with Gasteiger partial charge < -0.3 is 14.5 Å². The fraction of sp³-hybridized carbons (Fsp3) is 0.875. The first-order valence-electron chi connectivity index (χ1n) is 8.40. The Morgan fingerprint density at radius 3 is 2.27 bits per heavy atom. The maximum absolute atomic E-state index is 12.8. The van der Waals surface area contributed by atoms with Gasteiger partial charge in [-0.25, -0.2) is 4.79 Å². The Morgan fingerprint density at radius 1 is 1.18 bits per heavy atom. The Balaban J connectivity index is 2.03. The first-order chi connectivity index (χ1) is 10.6. The highest BCUT2D eigenvalue weighted by atomic mass is 16.5. The van der Waals surface area contributed by atoms with Crippen molar-refractivity contribution in [1.29, 1.82) is 0 Å². The van der Waals surface area contributed by atoms with Crippen LogP contribution in [0.15, 0.2) is 0 Å². The number of hydrogen-bond acceptors (Lipinski definition) is 4. The third kappa shape index (κ3) is 3.72. The van der Waals surface area contributed by atoms with E-state index in [1.54, 1.807) is 4.90 Å². The SMILES string of the molecule is CCN(C)C(=O)C(C1CCCC1)N1CCN(C(=O)OC)CC1. The summed E-state index contributed by atoms with van der Waals surface area (Å²) in [6.45, 7) is 5.53. The molecule has 1 unspecified atom stereocenters. The molecule has 2 fully saturated rings. The molecule has 0 aromatic heterocycles. The lowest BCUT2D eigenvalue weighted by Gasteiger charge is -2.41. The second kappa shape index (κ2) is 7.81. The van der Waals surface area contributed by atoms with E-state index in [-0.39, 0.29) is 18.0 Å². The van der Waals surface area contributed by atoms with Crippen molar-refractivity contribution >= 4 is 12.0 Å². The van der Waals surface area contributed by atoms with Crippen LogP contribution in [-0.4, -0.2) is 79.6 Å². The molecule has 0 N–H and O–H groups in total. The number of methoxy groups -OCH3 is 1. The van der Waals surface area contributed by atoms with Crippen molar-refractivity contribution < 1.29 is 14.3 Å². The summed E-state index contributed by atoms with van der Waals surface area (Å²) < 4.78 is 4.78. The van der Waals surface area contributed by atoms with Gasteiger partial charge in [0.2, 0.25) is 5.91 Å². The highest BCUT2D eigenvalue weighted by Crippen LogP contribution is 2.31. The van der Waals surface area contributed by atoms with Crippen LogP contribution >= 0.6 is 0 Å². The Labute approximate surface area is 133 Å². The molecule has 0 aromatic rings. The molecule has 22 heavy (non-hydrogen) atoms. The summed E-state index contributed by atoms with van der Waals surface area (Å²) in [5, 5.41) is 0. The normalized spacial score (nSPS) is 21.7. The molecule has 0 aromatic carbocycles. The highest BCUT2D eigenvalue weighted by Gasteiger charge is 2.38. The molecule has 2 rings (SSSR count). The molecule has 1 aliphatic carbocycles. The van der Waals surface area contributed by atoms with Gasteiger partial charge in [-0.3, -0.25) is 9.69 Å². The number of amides is 2. The number of hydrogen-bond donors (Lipinski definition) is 0. The zero-order valence-corrected chi connectivity index (χ0v) is 14.1. The predicted octanol–water partition coefficient (Wildman–Crippen LogP) is 1.41. The summed E-state index contributed by atoms with van der Waals surface area (Å²) in [5.41, 5.74) is 0. The highest BCUT2D eigenvalue weighted by molar-refractivity contribution is 5.82. The number of carbonyl (C=O) groups excluding carboxylic acids is 2. The number of carbonyl (C=O) groups is 2. The van der Waals surface area contributed by atoms with Crippen molar-refractivity contribution in [3.05, 3.63) is 0 Å². The van der Waals surface area contributed by atoms with E-state index in [0.29, 0.717) is 19.0 Å². The fourth-order valence-corrected chi connectivity index (χ4v) is 3.62. The summed E-state index contributed by atoms with van der Waals surface area (Å²) in [5.74, 6) is 0.701. The molecule has 1 saturated heterocycles. The minimum Gasteiger partial charge on any atom is -0.453 e. The van der Waals surface area contributed by atoms with Gasteiger partial charge in [-0.05, 0) is 25.7 Å². The summed E-state index contributed by atoms with van der Waals surface area (Å²) in [7, 11) is 3.30. The quantitative estimate of drug-likeness (QED) is 0.788. The molecule has 6 nitrogen and oxygen atoms in total. The lowest BCUT2D eigenvalue weighted by atomic mass is 9.94. The molecule has 0 bridgehead atoms. The first kappa shape index (κ1) is 17.1. The van der Waals surface area contributed by atoms with E-state index in [9.17, 15) is 9.59 Å². The van der Waals surface area contributed by atoms with Crippen molar-refractivity contribution in [2.24, 2.45) is 5.92 Å². The Morgan fingerprint density at radius 2 is 1.77 bits per heavy atom. The number of rotatable bonds is 4. The summed E-state index contributed by atoms with van der Waals surface area (Å²) in [6, 6.07) is -0.0211. The van der Waals surface area contributed by atoms with Crippen LogP contribution < -0.4 is 0 Å². The second-order valence-electron chi connectivity index (χ2n) is 6.33. The van der Waals surface area contributed by atoms with E-state index in [0.717, 1.165) is 32.5 Å². The van der Waals surface area contributed by atoms with Gasteiger partial charge in [-0.2, -0.15) is 0 Å².